The lowest BCUT2D eigenvalue weighted by Crippen LogP contribution is -2.40. The molecule has 6 rings (SSSR count). The maximum absolute atomic E-state index is 13.1. The summed E-state index contributed by atoms with van der Waals surface area (Å²) in [6.45, 7) is 0. The first-order valence-corrected chi connectivity index (χ1v) is 8.84. The third kappa shape index (κ3) is 1.87. The van der Waals surface area contributed by atoms with Gasteiger partial charge >= 0.3 is 5.97 Å². The van der Waals surface area contributed by atoms with Crippen molar-refractivity contribution in [3.8, 4) is 0 Å². The van der Waals surface area contributed by atoms with Gasteiger partial charge in [0, 0.05) is 0 Å². The Morgan fingerprint density at radius 3 is 2.28 bits per heavy atom. The van der Waals surface area contributed by atoms with Crippen LogP contribution in [-0.4, -0.2) is 24.9 Å². The molecule has 25 heavy (non-hydrogen) atoms. The molecule has 128 valence electrons. The topological polar surface area (TPSA) is 63.7 Å². The van der Waals surface area contributed by atoms with Crippen molar-refractivity contribution in [2.24, 2.45) is 35.5 Å². The summed E-state index contributed by atoms with van der Waals surface area (Å²) in [4.78, 5) is 39.2. The quantitative estimate of drug-likeness (QED) is 0.464. The second kappa shape index (κ2) is 4.94. The third-order valence-corrected chi connectivity index (χ3v) is 6.61. The number of anilines is 1. The third-order valence-electron chi connectivity index (χ3n) is 6.28. The van der Waals surface area contributed by atoms with Gasteiger partial charge in [0.25, 0.3) is 0 Å². The predicted molar refractivity (Wildman–Crippen MR) is 90.0 cm³/mol. The van der Waals surface area contributed by atoms with E-state index in [2.05, 4.69) is 12.2 Å². The molecule has 6 unspecified atom stereocenters. The van der Waals surface area contributed by atoms with Crippen LogP contribution in [0, 0.1) is 35.5 Å². The summed E-state index contributed by atoms with van der Waals surface area (Å²) in [6, 6.07) is 4.60. The van der Waals surface area contributed by atoms with Crippen LogP contribution >= 0.6 is 11.6 Å². The molecule has 1 aromatic carbocycles. The number of allylic oxidation sites excluding steroid dienone is 2. The second-order valence-electron chi connectivity index (χ2n) is 7.32. The first kappa shape index (κ1) is 15.1. The van der Waals surface area contributed by atoms with E-state index in [-0.39, 0.29) is 46.1 Å². The van der Waals surface area contributed by atoms with Gasteiger partial charge in [0.1, 0.15) is 0 Å². The second-order valence-corrected chi connectivity index (χ2v) is 7.73. The van der Waals surface area contributed by atoms with Crippen molar-refractivity contribution in [1.82, 2.24) is 0 Å². The van der Waals surface area contributed by atoms with Crippen molar-refractivity contribution >= 4 is 35.1 Å². The van der Waals surface area contributed by atoms with Crippen molar-refractivity contribution in [2.45, 2.75) is 6.42 Å². The Morgan fingerprint density at radius 2 is 1.72 bits per heavy atom. The van der Waals surface area contributed by atoms with Gasteiger partial charge in [0.15, 0.2) is 0 Å². The molecule has 6 heteroatoms. The van der Waals surface area contributed by atoms with Crippen molar-refractivity contribution in [1.29, 1.82) is 0 Å². The lowest BCUT2D eigenvalue weighted by Gasteiger charge is -2.37. The molecule has 0 spiro atoms. The fourth-order valence-corrected chi connectivity index (χ4v) is 5.32. The molecule has 0 N–H and O–H groups in total. The molecule has 1 saturated heterocycles. The van der Waals surface area contributed by atoms with E-state index in [4.69, 9.17) is 16.3 Å². The van der Waals surface area contributed by atoms with Gasteiger partial charge < -0.3 is 4.74 Å². The summed E-state index contributed by atoms with van der Waals surface area (Å²) in [7, 11) is 1.27. The van der Waals surface area contributed by atoms with Gasteiger partial charge in [-0.3, -0.25) is 9.59 Å². The fourth-order valence-electron chi connectivity index (χ4n) is 5.13. The van der Waals surface area contributed by atoms with E-state index in [1.165, 1.54) is 24.1 Å². The summed E-state index contributed by atoms with van der Waals surface area (Å²) in [5.74, 6) is 0.0456. The summed E-state index contributed by atoms with van der Waals surface area (Å²) < 4.78 is 4.73. The summed E-state index contributed by atoms with van der Waals surface area (Å²) in [5, 5.41) is 0.232. The molecule has 0 radical (unpaired) electrons. The summed E-state index contributed by atoms with van der Waals surface area (Å²) >= 11 is 6.05. The molecule has 6 atom stereocenters. The first-order chi connectivity index (χ1) is 12.0. The van der Waals surface area contributed by atoms with Crippen LogP contribution in [0.3, 0.4) is 0 Å². The molecule has 5 aliphatic rings. The zero-order valence-corrected chi connectivity index (χ0v) is 14.3. The number of ether oxygens (including phenoxy) is 1. The van der Waals surface area contributed by atoms with E-state index in [0.29, 0.717) is 17.5 Å². The Kier molecular flexibility index (Phi) is 2.99. The number of esters is 1. The van der Waals surface area contributed by atoms with E-state index < -0.39 is 5.97 Å². The summed E-state index contributed by atoms with van der Waals surface area (Å²) in [6.07, 6.45) is 5.40. The Balaban J connectivity index is 1.55. The normalized spacial score (nSPS) is 37.1. The first-order valence-electron chi connectivity index (χ1n) is 8.47. The van der Waals surface area contributed by atoms with Gasteiger partial charge in [-0.2, -0.15) is 0 Å². The molecule has 3 fully saturated rings. The molecular weight excluding hydrogens is 342 g/mol. The molecule has 1 heterocycles. The maximum Gasteiger partial charge on any atom is 0.339 e. The SMILES string of the molecule is COC(=O)c1cc(N2C(=O)C3C4C=CC(C5CC45)C3C2=O)ccc1Cl. The zero-order chi connectivity index (χ0) is 17.5. The van der Waals surface area contributed by atoms with Gasteiger partial charge in [-0.15, -0.1) is 0 Å². The molecule has 2 bridgehead atoms. The van der Waals surface area contributed by atoms with Gasteiger partial charge in [0.05, 0.1) is 35.2 Å². The predicted octanol–water partition coefficient (Wildman–Crippen LogP) is 2.68. The van der Waals surface area contributed by atoms with Crippen LogP contribution in [0.1, 0.15) is 16.8 Å². The van der Waals surface area contributed by atoms with Crippen molar-refractivity contribution in [2.75, 3.05) is 12.0 Å². The van der Waals surface area contributed by atoms with Crippen molar-refractivity contribution in [3.05, 3.63) is 40.9 Å². The molecule has 2 amide bonds. The van der Waals surface area contributed by atoms with E-state index >= 15 is 0 Å². The smallest absolute Gasteiger partial charge is 0.339 e. The average molecular weight is 358 g/mol. The van der Waals surface area contributed by atoms with Crippen LogP contribution in [-0.2, 0) is 14.3 Å². The van der Waals surface area contributed by atoms with Crippen LogP contribution in [0.2, 0.25) is 5.02 Å². The molecular formula is C19H16ClNO4. The number of amides is 2. The zero-order valence-electron chi connectivity index (χ0n) is 13.5. The minimum Gasteiger partial charge on any atom is -0.465 e. The number of imide groups is 1. The van der Waals surface area contributed by atoms with Gasteiger partial charge in [0.2, 0.25) is 11.8 Å². The van der Waals surface area contributed by atoms with Crippen LogP contribution < -0.4 is 4.90 Å². The Morgan fingerprint density at radius 1 is 1.12 bits per heavy atom. The minimum atomic E-state index is -0.591. The largest absolute Gasteiger partial charge is 0.465 e. The highest BCUT2D eigenvalue weighted by Crippen LogP contribution is 2.65. The molecule has 4 aliphatic carbocycles. The molecule has 0 aromatic heterocycles. The Bertz CT molecular complexity index is 827. The fraction of sp³-hybridized carbons (Fsp3) is 0.421. The van der Waals surface area contributed by atoms with Gasteiger partial charge in [-0.1, -0.05) is 23.8 Å². The number of hydrogen-bond acceptors (Lipinski definition) is 4. The van der Waals surface area contributed by atoms with Gasteiger partial charge in [-0.25, -0.2) is 9.69 Å². The number of carbonyl (C=O) groups excluding carboxylic acids is 3. The molecule has 1 aromatic rings. The molecule has 1 aliphatic heterocycles. The monoisotopic (exact) mass is 357 g/mol. The number of benzene rings is 1. The summed E-state index contributed by atoms with van der Waals surface area (Å²) in [5.41, 5.74) is 0.545. The van der Waals surface area contributed by atoms with E-state index in [9.17, 15) is 14.4 Å². The Hall–Kier alpha value is -2.14. The number of hydrogen-bond donors (Lipinski definition) is 0. The van der Waals surface area contributed by atoms with Crippen LogP contribution in [0.4, 0.5) is 5.69 Å². The average Bonchev–Trinajstić information content (AvgIpc) is 3.39. The van der Waals surface area contributed by atoms with Crippen molar-refractivity contribution in [3.63, 3.8) is 0 Å². The van der Waals surface area contributed by atoms with Crippen molar-refractivity contribution < 1.29 is 19.1 Å². The molecule has 2 saturated carbocycles. The van der Waals surface area contributed by atoms with Crippen LogP contribution in [0.15, 0.2) is 30.4 Å². The number of halogens is 1. The lowest BCUT2D eigenvalue weighted by atomic mass is 9.63. The maximum atomic E-state index is 13.1. The molecule has 5 nitrogen and oxygen atoms in total. The minimum absolute atomic E-state index is 0.154. The number of methoxy groups -OCH3 is 1. The standard InChI is InChI=1S/C19H16ClNO4/c1-25-19(24)13-6-8(2-5-14(13)20)21-17(22)15-9-3-4-10(12-7-11(9)12)16(15)18(21)23/h2-6,9-12,15-16H,7H2,1H3. The number of rotatable bonds is 2. The lowest BCUT2D eigenvalue weighted by molar-refractivity contribution is -0.124. The van der Waals surface area contributed by atoms with Crippen LogP contribution in [0.5, 0.6) is 0 Å². The highest BCUT2D eigenvalue weighted by molar-refractivity contribution is 6.34. The number of nitrogens with zero attached hydrogens (tertiary/aromatic N) is 1. The van der Waals surface area contributed by atoms with E-state index in [0.717, 1.165) is 6.42 Å². The van der Waals surface area contributed by atoms with E-state index in [1.54, 1.807) is 6.07 Å². The van der Waals surface area contributed by atoms with Gasteiger partial charge in [-0.05, 0) is 48.3 Å². The number of carbonyl (C=O) groups is 3. The Labute approximate surface area is 149 Å². The van der Waals surface area contributed by atoms with E-state index in [1.807, 2.05) is 0 Å². The highest BCUT2D eigenvalue weighted by atomic mass is 35.5. The van der Waals surface area contributed by atoms with Crippen LogP contribution in [0.25, 0.3) is 0 Å². The highest BCUT2D eigenvalue weighted by Gasteiger charge is 2.67.